The molecule has 0 bridgehead atoms. The zero-order valence-electron chi connectivity index (χ0n) is 15.9. The number of nitrogens with zero attached hydrogens (tertiary/aromatic N) is 3. The number of aromatic amines is 1. The van der Waals surface area contributed by atoms with Crippen LogP contribution in [0, 0.1) is 13.8 Å². The summed E-state index contributed by atoms with van der Waals surface area (Å²) in [5.74, 6) is 0. The lowest BCUT2D eigenvalue weighted by Crippen LogP contribution is -2.14. The van der Waals surface area contributed by atoms with Crippen LogP contribution in [0.5, 0.6) is 0 Å². The molecule has 164 valence electrons. The standard InChI is InChI=1S/C17H15ClN4O7S2/c1-9-7-15(31(27,28)29)14(8-13(9)18)19-20-16-10(2)21-22(17(16)23)11-3-5-12(6-4-11)30(24,25)26/h3-8,21H,1-2H3,(H,24,25,26)(H,27,28,29). The predicted octanol–water partition coefficient (Wildman–Crippen LogP) is 3.34. The molecule has 14 heteroatoms. The molecular formula is C17H15ClN4O7S2. The van der Waals surface area contributed by atoms with Crippen molar-refractivity contribution in [3.05, 3.63) is 63.0 Å². The largest absolute Gasteiger partial charge is 0.299 e. The Labute approximate surface area is 181 Å². The van der Waals surface area contributed by atoms with Crippen LogP contribution in [0.2, 0.25) is 5.02 Å². The van der Waals surface area contributed by atoms with Crippen LogP contribution in [-0.4, -0.2) is 35.7 Å². The molecule has 3 aromatic rings. The fourth-order valence-corrected chi connectivity index (χ4v) is 3.97. The van der Waals surface area contributed by atoms with E-state index in [2.05, 4.69) is 15.3 Å². The second-order valence-corrected chi connectivity index (χ2v) is 9.66. The molecule has 0 saturated heterocycles. The first-order valence-electron chi connectivity index (χ1n) is 8.38. The van der Waals surface area contributed by atoms with Gasteiger partial charge in [-0.3, -0.25) is 19.0 Å². The lowest BCUT2D eigenvalue weighted by Gasteiger charge is -2.05. The number of hydrogen-bond donors (Lipinski definition) is 3. The number of hydrogen-bond acceptors (Lipinski definition) is 7. The highest BCUT2D eigenvalue weighted by atomic mass is 35.5. The van der Waals surface area contributed by atoms with Crippen molar-refractivity contribution in [2.24, 2.45) is 10.2 Å². The summed E-state index contributed by atoms with van der Waals surface area (Å²) in [6, 6.07) is 7.13. The first-order chi connectivity index (χ1) is 14.3. The molecule has 1 heterocycles. The summed E-state index contributed by atoms with van der Waals surface area (Å²) in [4.78, 5) is 11.8. The molecule has 0 aliphatic heterocycles. The number of aryl methyl sites for hydroxylation is 2. The SMILES string of the molecule is Cc1cc(S(=O)(=O)O)c(N=Nc2c(C)[nH]n(-c3ccc(S(=O)(=O)O)cc3)c2=O)cc1Cl. The first kappa shape index (κ1) is 22.8. The molecule has 3 rings (SSSR count). The molecule has 0 aliphatic rings. The number of rotatable bonds is 5. The summed E-state index contributed by atoms with van der Waals surface area (Å²) in [5.41, 5.74) is -0.161. The minimum atomic E-state index is -4.62. The molecule has 0 radical (unpaired) electrons. The van der Waals surface area contributed by atoms with E-state index in [9.17, 15) is 26.2 Å². The smallest absolute Gasteiger partial charge is 0.293 e. The van der Waals surface area contributed by atoms with Gasteiger partial charge < -0.3 is 0 Å². The van der Waals surface area contributed by atoms with Crippen molar-refractivity contribution in [2.75, 3.05) is 0 Å². The summed E-state index contributed by atoms with van der Waals surface area (Å²) in [6.45, 7) is 3.06. The van der Waals surface area contributed by atoms with Crippen molar-refractivity contribution in [1.29, 1.82) is 0 Å². The number of halogens is 1. The topological polar surface area (TPSA) is 171 Å². The Balaban J connectivity index is 2.06. The minimum Gasteiger partial charge on any atom is -0.293 e. The molecule has 0 fully saturated rings. The van der Waals surface area contributed by atoms with Crippen molar-refractivity contribution in [1.82, 2.24) is 9.78 Å². The Morgan fingerprint density at radius 2 is 1.58 bits per heavy atom. The van der Waals surface area contributed by atoms with Crippen molar-refractivity contribution >= 4 is 43.2 Å². The molecular weight excluding hydrogens is 472 g/mol. The van der Waals surface area contributed by atoms with Crippen LogP contribution in [0.15, 0.2) is 61.2 Å². The molecule has 2 aromatic carbocycles. The van der Waals surface area contributed by atoms with E-state index < -0.39 is 30.7 Å². The van der Waals surface area contributed by atoms with E-state index in [-0.39, 0.29) is 32.7 Å². The monoisotopic (exact) mass is 486 g/mol. The van der Waals surface area contributed by atoms with Gasteiger partial charge in [-0.2, -0.15) is 16.8 Å². The maximum atomic E-state index is 12.7. The number of aromatic nitrogens is 2. The van der Waals surface area contributed by atoms with E-state index in [4.69, 9.17) is 16.2 Å². The van der Waals surface area contributed by atoms with Gasteiger partial charge in [0, 0.05) is 5.02 Å². The third-order valence-corrected chi connectivity index (χ3v) is 6.37. The van der Waals surface area contributed by atoms with Crippen molar-refractivity contribution < 1.29 is 25.9 Å². The highest BCUT2D eigenvalue weighted by Crippen LogP contribution is 2.31. The maximum Gasteiger partial charge on any atom is 0.299 e. The normalized spacial score (nSPS) is 12.5. The minimum absolute atomic E-state index is 0.156. The number of H-pyrrole nitrogens is 1. The van der Waals surface area contributed by atoms with Gasteiger partial charge in [0.2, 0.25) is 0 Å². The van der Waals surface area contributed by atoms with Crippen LogP contribution in [0.25, 0.3) is 5.69 Å². The average molecular weight is 487 g/mol. The first-order valence-corrected chi connectivity index (χ1v) is 11.6. The van der Waals surface area contributed by atoms with Gasteiger partial charge in [-0.1, -0.05) is 11.6 Å². The van der Waals surface area contributed by atoms with E-state index in [1.807, 2.05) is 0 Å². The third-order valence-electron chi connectivity index (χ3n) is 4.21. The third kappa shape index (κ3) is 4.75. The molecule has 0 aliphatic carbocycles. The van der Waals surface area contributed by atoms with Crippen LogP contribution < -0.4 is 5.56 Å². The molecule has 1 aromatic heterocycles. The van der Waals surface area contributed by atoms with E-state index in [0.717, 1.165) is 22.9 Å². The fourth-order valence-electron chi connectivity index (χ4n) is 2.64. The molecule has 0 unspecified atom stereocenters. The van der Waals surface area contributed by atoms with Crippen LogP contribution in [0.4, 0.5) is 11.4 Å². The highest BCUT2D eigenvalue weighted by Gasteiger charge is 2.19. The molecule has 0 amide bonds. The van der Waals surface area contributed by atoms with Gasteiger partial charge in [0.05, 0.1) is 16.3 Å². The van der Waals surface area contributed by atoms with Crippen LogP contribution >= 0.6 is 11.6 Å². The summed E-state index contributed by atoms with van der Waals surface area (Å²) < 4.78 is 65.1. The molecule has 31 heavy (non-hydrogen) atoms. The van der Waals surface area contributed by atoms with Crippen LogP contribution in [0.3, 0.4) is 0 Å². The number of nitrogens with one attached hydrogen (secondary N) is 1. The van der Waals surface area contributed by atoms with Crippen molar-refractivity contribution in [3.63, 3.8) is 0 Å². The Morgan fingerprint density at radius 3 is 2.13 bits per heavy atom. The summed E-state index contributed by atoms with van der Waals surface area (Å²) in [7, 11) is -9.01. The van der Waals surface area contributed by atoms with Gasteiger partial charge >= 0.3 is 0 Å². The number of azo groups is 1. The lowest BCUT2D eigenvalue weighted by molar-refractivity contribution is 0.481. The molecule has 11 nitrogen and oxygen atoms in total. The van der Waals surface area contributed by atoms with Gasteiger partial charge in [-0.05, 0) is 55.8 Å². The average Bonchev–Trinajstić information content (AvgIpc) is 2.95. The van der Waals surface area contributed by atoms with Gasteiger partial charge in [-0.15, -0.1) is 10.2 Å². The van der Waals surface area contributed by atoms with Crippen molar-refractivity contribution in [2.45, 2.75) is 23.6 Å². The predicted molar refractivity (Wildman–Crippen MR) is 111 cm³/mol. The Morgan fingerprint density at radius 1 is 0.968 bits per heavy atom. The number of benzene rings is 2. The molecule has 3 N–H and O–H groups in total. The molecule has 0 saturated carbocycles. The van der Waals surface area contributed by atoms with E-state index in [1.165, 1.54) is 25.1 Å². The summed E-state index contributed by atoms with van der Waals surface area (Å²) >= 11 is 6.00. The quantitative estimate of drug-likeness (QED) is 0.366. The molecule has 0 atom stereocenters. The summed E-state index contributed by atoms with van der Waals surface area (Å²) in [5, 5.41) is 10.5. The van der Waals surface area contributed by atoms with E-state index in [1.54, 1.807) is 6.92 Å². The van der Waals surface area contributed by atoms with Crippen molar-refractivity contribution in [3.8, 4) is 5.69 Å². The zero-order valence-corrected chi connectivity index (χ0v) is 18.3. The Hall–Kier alpha value is -2.84. The van der Waals surface area contributed by atoms with Gasteiger partial charge in [-0.25, -0.2) is 4.68 Å². The van der Waals surface area contributed by atoms with E-state index in [0.29, 0.717) is 5.56 Å². The lowest BCUT2D eigenvalue weighted by atomic mass is 10.2. The highest BCUT2D eigenvalue weighted by molar-refractivity contribution is 7.86. The van der Waals surface area contributed by atoms with Gasteiger partial charge in [0.1, 0.15) is 10.6 Å². The summed E-state index contributed by atoms with van der Waals surface area (Å²) in [6.07, 6.45) is 0. The van der Waals surface area contributed by atoms with E-state index >= 15 is 0 Å². The second-order valence-electron chi connectivity index (χ2n) is 6.44. The zero-order chi connectivity index (χ0) is 23.1. The Bertz CT molecular complexity index is 1470. The van der Waals surface area contributed by atoms with Gasteiger partial charge in [0.15, 0.2) is 5.69 Å². The molecule has 0 spiro atoms. The fraction of sp³-hybridized carbons (Fsp3) is 0.118. The van der Waals surface area contributed by atoms with Crippen LogP contribution in [0.1, 0.15) is 11.3 Å². The maximum absolute atomic E-state index is 12.7. The Kier molecular flexibility index (Phi) is 5.90. The van der Waals surface area contributed by atoms with Crippen LogP contribution in [-0.2, 0) is 20.2 Å². The van der Waals surface area contributed by atoms with Gasteiger partial charge in [0.25, 0.3) is 25.8 Å². The second kappa shape index (κ2) is 8.01.